The van der Waals surface area contributed by atoms with Crippen LogP contribution >= 0.6 is 31.9 Å². The molecular formula is C13H15Br2NO. The summed E-state index contributed by atoms with van der Waals surface area (Å²) in [5, 5.41) is 4.00. The fourth-order valence-corrected chi connectivity index (χ4v) is 2.86. The minimum absolute atomic E-state index is 0.0241. The molecule has 0 bridgehead atoms. The number of carbonyl (C=O) groups is 1. The van der Waals surface area contributed by atoms with Crippen molar-refractivity contribution in [2.24, 2.45) is 5.41 Å². The van der Waals surface area contributed by atoms with E-state index in [4.69, 9.17) is 0 Å². The topological polar surface area (TPSA) is 29.1 Å². The lowest BCUT2D eigenvalue weighted by Crippen LogP contribution is -2.31. The second-order valence-corrected chi connectivity index (χ2v) is 6.25. The minimum Gasteiger partial charge on any atom is -0.351 e. The molecule has 0 aliphatic heterocycles. The summed E-state index contributed by atoms with van der Waals surface area (Å²) in [6.07, 6.45) is 2.41. The van der Waals surface area contributed by atoms with Gasteiger partial charge in [-0.1, -0.05) is 37.9 Å². The van der Waals surface area contributed by atoms with Crippen LogP contribution in [0, 0.1) is 12.3 Å². The Morgan fingerprint density at radius 3 is 2.76 bits per heavy atom. The molecule has 1 N–H and O–H groups in total. The molecule has 17 heavy (non-hydrogen) atoms. The first-order valence-corrected chi connectivity index (χ1v) is 7.58. The molecule has 1 aromatic rings. The molecule has 0 saturated heterocycles. The van der Waals surface area contributed by atoms with Crippen LogP contribution < -0.4 is 5.32 Å². The van der Waals surface area contributed by atoms with E-state index >= 15 is 0 Å². The van der Waals surface area contributed by atoms with E-state index in [9.17, 15) is 4.79 Å². The zero-order valence-electron chi connectivity index (χ0n) is 9.72. The van der Waals surface area contributed by atoms with Gasteiger partial charge in [0.2, 0.25) is 0 Å². The lowest BCUT2D eigenvalue weighted by Gasteiger charge is -2.13. The Morgan fingerprint density at radius 2 is 2.18 bits per heavy atom. The van der Waals surface area contributed by atoms with E-state index in [1.165, 1.54) is 12.8 Å². The maximum Gasteiger partial charge on any atom is 0.251 e. The zero-order valence-corrected chi connectivity index (χ0v) is 12.9. The summed E-state index contributed by atoms with van der Waals surface area (Å²) in [6, 6.07) is 5.78. The molecular weight excluding hydrogens is 346 g/mol. The van der Waals surface area contributed by atoms with Crippen molar-refractivity contribution in [1.29, 1.82) is 0 Å². The molecule has 92 valence electrons. The van der Waals surface area contributed by atoms with Crippen molar-refractivity contribution in [3.63, 3.8) is 0 Å². The lowest BCUT2D eigenvalue weighted by atomic mass is 10.1. The van der Waals surface area contributed by atoms with Crippen LogP contribution in [0.5, 0.6) is 0 Å². The molecule has 0 unspecified atom stereocenters. The van der Waals surface area contributed by atoms with Crippen LogP contribution in [0.15, 0.2) is 22.7 Å². The summed E-state index contributed by atoms with van der Waals surface area (Å²) in [5.41, 5.74) is 2.08. The molecule has 0 heterocycles. The molecule has 0 radical (unpaired) electrons. The van der Waals surface area contributed by atoms with Crippen molar-refractivity contribution in [2.75, 3.05) is 11.9 Å². The SMILES string of the molecule is Cc1ccc(Br)cc1C(=O)NCC1(CBr)CC1. The Hall–Kier alpha value is -0.350. The minimum atomic E-state index is 0.0241. The highest BCUT2D eigenvalue weighted by atomic mass is 79.9. The van der Waals surface area contributed by atoms with Crippen LogP contribution in [0.2, 0.25) is 0 Å². The van der Waals surface area contributed by atoms with E-state index in [-0.39, 0.29) is 5.91 Å². The average molecular weight is 361 g/mol. The number of carbonyl (C=O) groups excluding carboxylic acids is 1. The summed E-state index contributed by atoms with van der Waals surface area (Å²) in [6.45, 7) is 2.72. The van der Waals surface area contributed by atoms with Crippen molar-refractivity contribution in [3.8, 4) is 0 Å². The van der Waals surface area contributed by atoms with Crippen LogP contribution in [-0.4, -0.2) is 17.8 Å². The second-order valence-electron chi connectivity index (χ2n) is 4.78. The molecule has 2 nitrogen and oxygen atoms in total. The van der Waals surface area contributed by atoms with E-state index in [0.29, 0.717) is 5.41 Å². The number of benzene rings is 1. The maximum absolute atomic E-state index is 12.1. The highest BCUT2D eigenvalue weighted by Crippen LogP contribution is 2.46. The van der Waals surface area contributed by atoms with Crippen LogP contribution in [0.4, 0.5) is 0 Å². The van der Waals surface area contributed by atoms with Gasteiger partial charge in [0.1, 0.15) is 0 Å². The van der Waals surface area contributed by atoms with E-state index in [1.54, 1.807) is 0 Å². The van der Waals surface area contributed by atoms with Gasteiger partial charge in [0.25, 0.3) is 5.91 Å². The molecule has 1 amide bonds. The maximum atomic E-state index is 12.1. The Labute approximate surface area is 118 Å². The van der Waals surface area contributed by atoms with Gasteiger partial charge in [0.05, 0.1) is 0 Å². The van der Waals surface area contributed by atoms with Gasteiger partial charge in [-0.3, -0.25) is 4.79 Å². The van der Waals surface area contributed by atoms with Crippen LogP contribution in [-0.2, 0) is 0 Å². The molecule has 1 aromatic carbocycles. The number of aryl methyl sites for hydroxylation is 1. The number of nitrogens with one attached hydrogen (secondary N) is 1. The monoisotopic (exact) mass is 359 g/mol. The number of hydrogen-bond donors (Lipinski definition) is 1. The molecule has 4 heteroatoms. The predicted octanol–water partition coefficient (Wildman–Crippen LogP) is 3.66. The lowest BCUT2D eigenvalue weighted by molar-refractivity contribution is 0.0946. The Balaban J connectivity index is 2.02. The fraction of sp³-hybridized carbons (Fsp3) is 0.462. The number of amides is 1. The van der Waals surface area contributed by atoms with Gasteiger partial charge in [0, 0.05) is 21.9 Å². The summed E-state index contributed by atoms with van der Waals surface area (Å²) in [5.74, 6) is 0.0241. The van der Waals surface area contributed by atoms with E-state index in [1.807, 2.05) is 25.1 Å². The summed E-state index contributed by atoms with van der Waals surface area (Å²) >= 11 is 6.90. The molecule has 0 aromatic heterocycles. The third kappa shape index (κ3) is 3.10. The number of hydrogen-bond acceptors (Lipinski definition) is 1. The molecule has 0 spiro atoms. The van der Waals surface area contributed by atoms with Gasteiger partial charge in [-0.15, -0.1) is 0 Å². The zero-order chi connectivity index (χ0) is 12.5. The Bertz CT molecular complexity index is 441. The van der Waals surface area contributed by atoms with Gasteiger partial charge < -0.3 is 5.32 Å². The standard InChI is InChI=1S/C13H15Br2NO/c1-9-2-3-10(15)6-11(9)12(17)16-8-13(7-14)4-5-13/h2-3,6H,4-5,7-8H2,1H3,(H,16,17). The predicted molar refractivity (Wildman–Crippen MR) is 76.7 cm³/mol. The number of alkyl halides is 1. The van der Waals surface area contributed by atoms with Crippen molar-refractivity contribution >= 4 is 37.8 Å². The average Bonchev–Trinajstić information content (AvgIpc) is 3.10. The van der Waals surface area contributed by atoms with Crippen molar-refractivity contribution in [3.05, 3.63) is 33.8 Å². The van der Waals surface area contributed by atoms with Crippen LogP contribution in [0.3, 0.4) is 0 Å². The number of halogens is 2. The third-order valence-electron chi connectivity index (χ3n) is 3.31. The molecule has 2 rings (SSSR count). The Morgan fingerprint density at radius 1 is 1.47 bits per heavy atom. The quantitative estimate of drug-likeness (QED) is 0.815. The highest BCUT2D eigenvalue weighted by molar-refractivity contribution is 9.10. The molecule has 1 aliphatic rings. The highest BCUT2D eigenvalue weighted by Gasteiger charge is 2.41. The third-order valence-corrected chi connectivity index (χ3v) is 4.99. The van der Waals surface area contributed by atoms with E-state index < -0.39 is 0 Å². The van der Waals surface area contributed by atoms with Gasteiger partial charge in [0.15, 0.2) is 0 Å². The van der Waals surface area contributed by atoms with Crippen LogP contribution in [0.25, 0.3) is 0 Å². The molecule has 1 aliphatic carbocycles. The summed E-state index contributed by atoms with van der Waals surface area (Å²) < 4.78 is 0.940. The van der Waals surface area contributed by atoms with E-state index in [2.05, 4.69) is 37.2 Å². The van der Waals surface area contributed by atoms with Gasteiger partial charge in [-0.05, 0) is 42.9 Å². The fourth-order valence-electron chi connectivity index (χ4n) is 1.74. The second kappa shape index (κ2) is 5.11. The van der Waals surface area contributed by atoms with Gasteiger partial charge in [-0.25, -0.2) is 0 Å². The molecule has 1 saturated carbocycles. The number of rotatable bonds is 4. The Kier molecular flexibility index (Phi) is 3.93. The van der Waals surface area contributed by atoms with E-state index in [0.717, 1.165) is 27.5 Å². The van der Waals surface area contributed by atoms with Crippen molar-refractivity contribution in [1.82, 2.24) is 5.32 Å². The normalized spacial score (nSPS) is 16.6. The smallest absolute Gasteiger partial charge is 0.251 e. The largest absolute Gasteiger partial charge is 0.351 e. The van der Waals surface area contributed by atoms with Crippen molar-refractivity contribution in [2.45, 2.75) is 19.8 Å². The van der Waals surface area contributed by atoms with Gasteiger partial charge >= 0.3 is 0 Å². The van der Waals surface area contributed by atoms with Gasteiger partial charge in [-0.2, -0.15) is 0 Å². The molecule has 0 atom stereocenters. The first kappa shape index (κ1) is 13.1. The molecule has 1 fully saturated rings. The van der Waals surface area contributed by atoms with Crippen molar-refractivity contribution < 1.29 is 4.79 Å². The summed E-state index contributed by atoms with van der Waals surface area (Å²) in [7, 11) is 0. The first-order valence-electron chi connectivity index (χ1n) is 5.67. The first-order chi connectivity index (χ1) is 8.06. The summed E-state index contributed by atoms with van der Waals surface area (Å²) in [4.78, 5) is 12.1. The van der Waals surface area contributed by atoms with Crippen LogP contribution in [0.1, 0.15) is 28.8 Å².